The van der Waals surface area contributed by atoms with E-state index in [4.69, 9.17) is 4.42 Å². The summed E-state index contributed by atoms with van der Waals surface area (Å²) in [4.78, 5) is 2.39. The van der Waals surface area contributed by atoms with Crippen molar-refractivity contribution in [3.63, 3.8) is 0 Å². The smallest absolute Gasteiger partial charge is 0.159 e. The van der Waals surface area contributed by atoms with Gasteiger partial charge in [0, 0.05) is 33.0 Å². The Hall–Kier alpha value is -5.60. The number of fused-ring (bicyclic) bond motifs is 11. The molecule has 0 atom stereocenters. The standard InChI is InChI=1S/C49H41NO/c1-29(2)30-18-21-32(22-19-30)50(44-16-11-15-37-36-14-9-10-17-45(36)51-47(37)44)33-23-24-35-38-27-43-39(28-42(38)49(5,6)41(35)26-33)46-34-13-8-7-12-31(34)20-25-40(46)48(43,3)4/h7-29H,1-6H3. The molecular formula is C49H41NO. The fourth-order valence-corrected chi connectivity index (χ4v) is 9.20. The molecule has 0 aliphatic heterocycles. The summed E-state index contributed by atoms with van der Waals surface area (Å²) in [5.41, 5.74) is 17.2. The van der Waals surface area contributed by atoms with Crippen LogP contribution in [0.1, 0.15) is 75.3 Å². The van der Waals surface area contributed by atoms with Gasteiger partial charge >= 0.3 is 0 Å². The first-order valence-corrected chi connectivity index (χ1v) is 18.3. The Balaban J connectivity index is 1.17. The van der Waals surface area contributed by atoms with Gasteiger partial charge < -0.3 is 9.32 Å². The number of furan rings is 1. The summed E-state index contributed by atoms with van der Waals surface area (Å²) in [5, 5.41) is 4.91. The summed E-state index contributed by atoms with van der Waals surface area (Å²) < 4.78 is 6.64. The lowest BCUT2D eigenvalue weighted by Gasteiger charge is -2.28. The monoisotopic (exact) mass is 659 g/mol. The van der Waals surface area contributed by atoms with Crippen molar-refractivity contribution in [2.75, 3.05) is 4.90 Å². The first-order valence-electron chi connectivity index (χ1n) is 18.3. The van der Waals surface area contributed by atoms with Crippen molar-refractivity contribution in [3.8, 4) is 22.3 Å². The van der Waals surface area contributed by atoms with Crippen molar-refractivity contribution in [2.24, 2.45) is 0 Å². The van der Waals surface area contributed by atoms with Gasteiger partial charge in [-0.1, -0.05) is 126 Å². The van der Waals surface area contributed by atoms with E-state index in [-0.39, 0.29) is 10.8 Å². The zero-order chi connectivity index (χ0) is 34.8. The van der Waals surface area contributed by atoms with Crippen LogP contribution < -0.4 is 4.90 Å². The number of benzene rings is 7. The lowest BCUT2D eigenvalue weighted by Crippen LogP contribution is -2.17. The van der Waals surface area contributed by atoms with Crippen LogP contribution in [0.3, 0.4) is 0 Å². The van der Waals surface area contributed by atoms with Crippen molar-refractivity contribution in [3.05, 3.63) is 161 Å². The highest BCUT2D eigenvalue weighted by molar-refractivity contribution is 6.10. The van der Waals surface area contributed by atoms with Crippen molar-refractivity contribution in [1.82, 2.24) is 0 Å². The van der Waals surface area contributed by atoms with E-state index in [1.165, 1.54) is 60.8 Å². The minimum Gasteiger partial charge on any atom is -0.454 e. The van der Waals surface area contributed by atoms with Crippen LogP contribution in [0.2, 0.25) is 0 Å². The molecule has 0 saturated heterocycles. The van der Waals surface area contributed by atoms with Gasteiger partial charge in [0.2, 0.25) is 0 Å². The summed E-state index contributed by atoms with van der Waals surface area (Å²) in [5.74, 6) is 0.460. The van der Waals surface area contributed by atoms with Crippen LogP contribution in [0.25, 0.3) is 55.0 Å². The molecule has 0 saturated carbocycles. The SMILES string of the molecule is CC(C)c1ccc(N(c2ccc3c(c2)C(C)(C)c2cc4c(cc2-3)C(C)(C)c2ccc3ccccc3c2-4)c2cccc3c2oc2ccccc23)cc1. The zero-order valence-corrected chi connectivity index (χ0v) is 30.1. The Bertz CT molecular complexity index is 2720. The summed E-state index contributed by atoms with van der Waals surface area (Å²) >= 11 is 0. The molecule has 0 unspecified atom stereocenters. The molecule has 0 radical (unpaired) electrons. The predicted molar refractivity (Wildman–Crippen MR) is 215 cm³/mol. The van der Waals surface area contributed by atoms with E-state index in [9.17, 15) is 0 Å². The average molecular weight is 660 g/mol. The molecule has 0 fully saturated rings. The second-order valence-electron chi connectivity index (χ2n) is 16.0. The Morgan fingerprint density at radius 1 is 0.510 bits per heavy atom. The normalized spacial score (nSPS) is 15.0. The van der Waals surface area contributed by atoms with Gasteiger partial charge in [0.25, 0.3) is 0 Å². The highest BCUT2D eigenvalue weighted by atomic mass is 16.3. The van der Waals surface area contributed by atoms with Crippen molar-refractivity contribution in [1.29, 1.82) is 0 Å². The van der Waals surface area contributed by atoms with E-state index in [1.54, 1.807) is 0 Å². The number of hydrogen-bond donors (Lipinski definition) is 0. The van der Waals surface area contributed by atoms with Gasteiger partial charge in [-0.15, -0.1) is 0 Å². The van der Waals surface area contributed by atoms with Crippen molar-refractivity contribution < 1.29 is 4.42 Å². The first-order chi connectivity index (χ1) is 24.6. The molecule has 2 aliphatic carbocycles. The van der Waals surface area contributed by atoms with Crippen LogP contribution in [-0.4, -0.2) is 0 Å². The topological polar surface area (TPSA) is 16.4 Å². The van der Waals surface area contributed by atoms with Gasteiger partial charge in [-0.05, 0) is 115 Å². The number of rotatable bonds is 4. The van der Waals surface area contributed by atoms with Gasteiger partial charge in [-0.25, -0.2) is 0 Å². The maximum Gasteiger partial charge on any atom is 0.159 e. The summed E-state index contributed by atoms with van der Waals surface area (Å²) in [7, 11) is 0. The van der Waals surface area contributed by atoms with Gasteiger partial charge in [0.05, 0.1) is 5.69 Å². The third-order valence-electron chi connectivity index (χ3n) is 12.0. The van der Waals surface area contributed by atoms with Crippen molar-refractivity contribution in [2.45, 2.75) is 58.3 Å². The largest absolute Gasteiger partial charge is 0.454 e. The molecule has 0 amide bonds. The highest BCUT2D eigenvalue weighted by Crippen LogP contribution is 2.58. The molecule has 10 rings (SSSR count). The Kier molecular flexibility index (Phi) is 6.20. The molecule has 248 valence electrons. The van der Waals surface area contributed by atoms with E-state index in [1.807, 2.05) is 6.07 Å². The number of hydrogen-bond acceptors (Lipinski definition) is 2. The maximum atomic E-state index is 6.64. The molecule has 2 aliphatic rings. The van der Waals surface area contributed by atoms with Crippen molar-refractivity contribution >= 4 is 49.8 Å². The molecule has 2 nitrogen and oxygen atoms in total. The molecule has 1 heterocycles. The Morgan fingerprint density at radius 2 is 1.16 bits per heavy atom. The fraction of sp³-hybridized carbons (Fsp3) is 0.184. The minimum atomic E-state index is -0.189. The summed E-state index contributed by atoms with van der Waals surface area (Å²) in [6, 6.07) is 49.6. The second kappa shape index (κ2) is 10.5. The van der Waals surface area contributed by atoms with Crippen LogP contribution in [0.4, 0.5) is 17.1 Å². The molecule has 2 heteroatoms. The lowest BCUT2D eigenvalue weighted by atomic mass is 9.79. The van der Waals surface area contributed by atoms with Gasteiger partial charge in [0.1, 0.15) is 5.58 Å². The minimum absolute atomic E-state index is 0.0826. The third kappa shape index (κ3) is 4.17. The Labute approximate surface area is 300 Å². The first kappa shape index (κ1) is 30.2. The molecule has 0 bridgehead atoms. The molecule has 0 spiro atoms. The number of anilines is 3. The van der Waals surface area contributed by atoms with E-state index < -0.39 is 0 Å². The fourth-order valence-electron chi connectivity index (χ4n) is 9.20. The molecule has 8 aromatic rings. The Morgan fingerprint density at radius 3 is 1.96 bits per heavy atom. The van der Waals surface area contributed by atoms with Crippen LogP contribution >= 0.6 is 0 Å². The zero-order valence-electron chi connectivity index (χ0n) is 30.1. The van der Waals surface area contributed by atoms with E-state index >= 15 is 0 Å². The third-order valence-corrected chi connectivity index (χ3v) is 12.0. The summed E-state index contributed by atoms with van der Waals surface area (Å²) in [6.07, 6.45) is 0. The number of nitrogens with zero attached hydrogens (tertiary/aromatic N) is 1. The molecular weight excluding hydrogens is 619 g/mol. The quantitative estimate of drug-likeness (QED) is 0.187. The van der Waals surface area contributed by atoms with Crippen LogP contribution in [0, 0.1) is 0 Å². The van der Waals surface area contributed by atoms with E-state index in [0.29, 0.717) is 5.92 Å². The summed E-state index contributed by atoms with van der Waals surface area (Å²) in [6.45, 7) is 14.1. The van der Waals surface area contributed by atoms with Crippen LogP contribution in [0.15, 0.2) is 138 Å². The van der Waals surface area contributed by atoms with Crippen LogP contribution in [-0.2, 0) is 10.8 Å². The molecule has 7 aromatic carbocycles. The second-order valence-corrected chi connectivity index (χ2v) is 16.0. The van der Waals surface area contributed by atoms with E-state index in [0.717, 1.165) is 39.0 Å². The van der Waals surface area contributed by atoms with Gasteiger partial charge in [-0.2, -0.15) is 0 Å². The molecule has 0 N–H and O–H groups in total. The number of para-hydroxylation sites is 2. The van der Waals surface area contributed by atoms with Gasteiger partial charge in [0.15, 0.2) is 5.58 Å². The predicted octanol–water partition coefficient (Wildman–Crippen LogP) is 13.9. The van der Waals surface area contributed by atoms with Gasteiger partial charge in [-0.3, -0.25) is 0 Å². The molecule has 51 heavy (non-hydrogen) atoms. The maximum absolute atomic E-state index is 6.64. The van der Waals surface area contributed by atoms with E-state index in [2.05, 4.69) is 174 Å². The van der Waals surface area contributed by atoms with Crippen LogP contribution in [0.5, 0.6) is 0 Å². The lowest BCUT2D eigenvalue weighted by molar-refractivity contribution is 0.652. The molecule has 1 aromatic heterocycles. The average Bonchev–Trinajstić information content (AvgIpc) is 3.71. The highest BCUT2D eigenvalue weighted by Gasteiger charge is 2.42.